The van der Waals surface area contributed by atoms with Crippen LogP contribution in [0.1, 0.15) is 36.1 Å². The standard InChI is InChI=1S/C32H36ClN5O4/c1-24(39)35-29-23-25(7-5-6-16-38(41)32(34)40)10-15-30(29)42-22-21-36-17-19-37(20-18-36)31(26-8-3-2-4-9-26)27-11-13-28(33)14-12-27/h2-4,8-15,23,31,41H,6,16-22H2,1H3,(H2,34,40)(H,35,39). The smallest absolute Gasteiger partial charge is 0.338 e. The second-order valence-corrected chi connectivity index (χ2v) is 10.4. The molecule has 0 aliphatic carbocycles. The third-order valence-electron chi connectivity index (χ3n) is 6.96. The third kappa shape index (κ3) is 8.96. The van der Waals surface area contributed by atoms with E-state index >= 15 is 0 Å². The maximum absolute atomic E-state index is 11.8. The molecule has 42 heavy (non-hydrogen) atoms. The number of hydroxylamine groups is 2. The van der Waals surface area contributed by atoms with E-state index in [2.05, 4.69) is 63.4 Å². The van der Waals surface area contributed by atoms with Crippen LogP contribution in [0, 0.1) is 11.8 Å². The van der Waals surface area contributed by atoms with Gasteiger partial charge in [-0.15, -0.1) is 0 Å². The fraction of sp³-hybridized carbons (Fsp3) is 0.312. The van der Waals surface area contributed by atoms with E-state index in [1.165, 1.54) is 18.1 Å². The van der Waals surface area contributed by atoms with Gasteiger partial charge in [0.15, 0.2) is 0 Å². The van der Waals surface area contributed by atoms with Gasteiger partial charge in [-0.05, 0) is 41.5 Å². The van der Waals surface area contributed by atoms with Crippen LogP contribution in [0.25, 0.3) is 0 Å². The number of rotatable bonds is 10. The van der Waals surface area contributed by atoms with Gasteiger partial charge in [0, 0.05) is 56.7 Å². The minimum absolute atomic E-state index is 0.00434. The molecule has 4 rings (SSSR count). The molecule has 0 aromatic heterocycles. The van der Waals surface area contributed by atoms with E-state index in [1.807, 2.05) is 18.2 Å². The molecule has 0 bridgehead atoms. The van der Waals surface area contributed by atoms with E-state index in [4.69, 9.17) is 22.1 Å². The molecule has 3 aromatic rings. The van der Waals surface area contributed by atoms with Crippen LogP contribution in [-0.2, 0) is 4.79 Å². The molecule has 3 amide bonds. The van der Waals surface area contributed by atoms with Crippen LogP contribution in [0.5, 0.6) is 5.75 Å². The van der Waals surface area contributed by atoms with E-state index in [1.54, 1.807) is 18.2 Å². The molecule has 9 nitrogen and oxygen atoms in total. The number of carbonyl (C=O) groups excluding carboxylic acids is 2. The minimum atomic E-state index is -0.928. The second kappa shape index (κ2) is 15.2. The third-order valence-corrected chi connectivity index (χ3v) is 7.22. The molecular weight excluding hydrogens is 554 g/mol. The van der Waals surface area contributed by atoms with Crippen molar-refractivity contribution in [3.8, 4) is 17.6 Å². The molecule has 1 heterocycles. The first-order valence-electron chi connectivity index (χ1n) is 13.9. The fourth-order valence-corrected chi connectivity index (χ4v) is 5.01. The largest absolute Gasteiger partial charge is 0.490 e. The van der Waals surface area contributed by atoms with Crippen molar-refractivity contribution in [2.75, 3.05) is 51.2 Å². The van der Waals surface area contributed by atoms with Crippen LogP contribution < -0.4 is 15.8 Å². The number of carbonyl (C=O) groups is 2. The predicted octanol–water partition coefficient (Wildman–Crippen LogP) is 4.60. The zero-order valence-corrected chi connectivity index (χ0v) is 24.4. The van der Waals surface area contributed by atoms with Gasteiger partial charge in [-0.2, -0.15) is 0 Å². The van der Waals surface area contributed by atoms with Gasteiger partial charge in [0.1, 0.15) is 12.4 Å². The lowest BCUT2D eigenvalue weighted by Gasteiger charge is -2.39. The van der Waals surface area contributed by atoms with Gasteiger partial charge in [0.2, 0.25) is 5.91 Å². The maximum atomic E-state index is 11.8. The number of urea groups is 1. The Balaban J connectivity index is 1.32. The average Bonchev–Trinajstić information content (AvgIpc) is 2.98. The van der Waals surface area contributed by atoms with Gasteiger partial charge in [0.25, 0.3) is 0 Å². The summed E-state index contributed by atoms with van der Waals surface area (Å²) in [7, 11) is 0. The number of benzene rings is 3. The average molecular weight is 590 g/mol. The number of primary amides is 1. The lowest BCUT2D eigenvalue weighted by molar-refractivity contribution is -0.114. The van der Waals surface area contributed by atoms with Crippen LogP contribution >= 0.6 is 11.6 Å². The highest BCUT2D eigenvalue weighted by Gasteiger charge is 2.26. The van der Waals surface area contributed by atoms with E-state index in [9.17, 15) is 14.8 Å². The minimum Gasteiger partial charge on any atom is -0.490 e. The predicted molar refractivity (Wildman–Crippen MR) is 164 cm³/mol. The SMILES string of the molecule is CC(=O)Nc1cc(C#CCCN(O)C(N)=O)ccc1OCCN1CCN(C(c2ccccc2)c2ccc(Cl)cc2)CC1. The lowest BCUT2D eigenvalue weighted by Crippen LogP contribution is -2.48. The summed E-state index contributed by atoms with van der Waals surface area (Å²) < 4.78 is 6.08. The van der Waals surface area contributed by atoms with Crippen molar-refractivity contribution in [1.82, 2.24) is 14.9 Å². The summed E-state index contributed by atoms with van der Waals surface area (Å²) in [6.07, 6.45) is 0.242. The molecule has 1 aliphatic heterocycles. The van der Waals surface area contributed by atoms with E-state index in [0.717, 1.165) is 37.7 Å². The molecule has 0 radical (unpaired) electrons. The van der Waals surface area contributed by atoms with Crippen molar-refractivity contribution in [2.24, 2.45) is 5.73 Å². The van der Waals surface area contributed by atoms with Crippen molar-refractivity contribution in [2.45, 2.75) is 19.4 Å². The number of nitrogens with one attached hydrogen (secondary N) is 1. The van der Waals surface area contributed by atoms with Crippen LogP contribution in [0.15, 0.2) is 72.8 Å². The number of nitrogens with zero attached hydrogens (tertiary/aromatic N) is 3. The Kier molecular flexibility index (Phi) is 11.2. The van der Waals surface area contributed by atoms with Crippen LogP contribution in [-0.4, -0.2) is 77.9 Å². The lowest BCUT2D eigenvalue weighted by atomic mass is 9.96. The number of piperazine rings is 1. The Hall–Kier alpha value is -4.07. The Labute approximate surface area is 251 Å². The molecule has 10 heteroatoms. The summed E-state index contributed by atoms with van der Waals surface area (Å²) in [6, 6.07) is 23.2. The molecule has 1 atom stereocenters. The number of ether oxygens (including phenoxy) is 1. The van der Waals surface area contributed by atoms with Crippen LogP contribution in [0.4, 0.5) is 10.5 Å². The molecule has 220 valence electrons. The molecule has 4 N–H and O–H groups in total. The monoisotopic (exact) mass is 589 g/mol. The molecule has 0 spiro atoms. The number of nitrogens with two attached hydrogens (primary N) is 1. The van der Waals surface area contributed by atoms with Crippen LogP contribution in [0.3, 0.4) is 0 Å². The molecule has 3 aromatic carbocycles. The van der Waals surface area contributed by atoms with Gasteiger partial charge < -0.3 is 15.8 Å². The van der Waals surface area contributed by atoms with Gasteiger partial charge in [0.05, 0.1) is 18.3 Å². The van der Waals surface area contributed by atoms with Gasteiger partial charge in [-0.25, -0.2) is 9.86 Å². The highest BCUT2D eigenvalue weighted by molar-refractivity contribution is 6.30. The molecule has 1 saturated heterocycles. The second-order valence-electron chi connectivity index (χ2n) is 10.00. The topological polar surface area (TPSA) is 111 Å². The Morgan fingerprint density at radius 2 is 1.74 bits per heavy atom. The number of amides is 3. The van der Waals surface area contributed by atoms with Gasteiger partial charge in [-0.3, -0.25) is 19.8 Å². The van der Waals surface area contributed by atoms with Crippen LogP contribution in [0.2, 0.25) is 5.02 Å². The van der Waals surface area contributed by atoms with E-state index in [-0.39, 0.29) is 24.9 Å². The molecule has 0 saturated carbocycles. The summed E-state index contributed by atoms with van der Waals surface area (Å²) in [5, 5.41) is 13.3. The molecular formula is C32H36ClN5O4. The summed E-state index contributed by atoms with van der Waals surface area (Å²) >= 11 is 6.17. The zero-order valence-electron chi connectivity index (χ0n) is 23.6. The van der Waals surface area contributed by atoms with E-state index < -0.39 is 6.03 Å². The van der Waals surface area contributed by atoms with Crippen molar-refractivity contribution >= 4 is 29.2 Å². The summed E-state index contributed by atoms with van der Waals surface area (Å²) in [4.78, 5) is 27.6. The normalized spacial score (nSPS) is 14.4. The quantitative estimate of drug-likeness (QED) is 0.181. The van der Waals surface area contributed by atoms with Crippen molar-refractivity contribution in [3.63, 3.8) is 0 Å². The summed E-state index contributed by atoms with van der Waals surface area (Å²) in [5.41, 5.74) is 8.68. The molecule has 1 fully saturated rings. The number of hydrogen-bond donors (Lipinski definition) is 3. The Bertz CT molecular complexity index is 1400. The summed E-state index contributed by atoms with van der Waals surface area (Å²) in [5.74, 6) is 6.19. The Morgan fingerprint density at radius 3 is 2.40 bits per heavy atom. The number of anilines is 1. The molecule has 1 unspecified atom stereocenters. The summed E-state index contributed by atoms with van der Waals surface area (Å²) in [6.45, 7) is 6.32. The number of hydrogen-bond acceptors (Lipinski definition) is 6. The molecule has 1 aliphatic rings. The first-order valence-corrected chi connectivity index (χ1v) is 14.2. The van der Waals surface area contributed by atoms with Gasteiger partial charge in [-0.1, -0.05) is 65.9 Å². The highest BCUT2D eigenvalue weighted by Crippen LogP contribution is 2.30. The van der Waals surface area contributed by atoms with Gasteiger partial charge >= 0.3 is 6.03 Å². The van der Waals surface area contributed by atoms with Crippen molar-refractivity contribution in [1.29, 1.82) is 0 Å². The fourth-order valence-electron chi connectivity index (χ4n) is 4.88. The first kappa shape index (κ1) is 30.9. The zero-order chi connectivity index (χ0) is 29.9. The highest BCUT2D eigenvalue weighted by atomic mass is 35.5. The number of halogens is 1. The van der Waals surface area contributed by atoms with Crippen molar-refractivity contribution in [3.05, 3.63) is 94.5 Å². The maximum Gasteiger partial charge on any atom is 0.338 e. The van der Waals surface area contributed by atoms with E-state index in [0.29, 0.717) is 28.7 Å². The first-order chi connectivity index (χ1) is 20.3. The van der Waals surface area contributed by atoms with Crippen molar-refractivity contribution < 1.29 is 19.5 Å². The Morgan fingerprint density at radius 1 is 1.05 bits per heavy atom.